The van der Waals surface area contributed by atoms with E-state index in [1.807, 2.05) is 18.2 Å². The second-order valence-corrected chi connectivity index (χ2v) is 3.86. The molecule has 0 aliphatic carbocycles. The van der Waals surface area contributed by atoms with Crippen LogP contribution in [0.4, 0.5) is 0 Å². The van der Waals surface area contributed by atoms with Gasteiger partial charge >= 0.3 is 0 Å². The van der Waals surface area contributed by atoms with Gasteiger partial charge in [-0.3, -0.25) is 0 Å². The molecule has 0 fully saturated rings. The lowest BCUT2D eigenvalue weighted by atomic mass is 10.1. The molecular weight excluding hydrogens is 230 g/mol. The zero-order valence-electron chi connectivity index (χ0n) is 7.09. The molecular formula is C10H10BrNO. The van der Waals surface area contributed by atoms with Gasteiger partial charge in [-0.15, -0.1) is 0 Å². The van der Waals surface area contributed by atoms with Crippen LogP contribution in [0, 0.1) is 0 Å². The van der Waals surface area contributed by atoms with E-state index in [4.69, 9.17) is 10.2 Å². The molecule has 0 amide bonds. The normalized spacial score (nSPS) is 10.9. The first-order chi connectivity index (χ1) is 6.31. The Bertz CT molecular complexity index is 422. The molecule has 2 rings (SSSR count). The second-order valence-electron chi connectivity index (χ2n) is 2.94. The van der Waals surface area contributed by atoms with E-state index < -0.39 is 0 Å². The molecule has 68 valence electrons. The average molecular weight is 240 g/mol. The molecule has 0 bridgehead atoms. The lowest BCUT2D eigenvalue weighted by Crippen LogP contribution is -2.01. The summed E-state index contributed by atoms with van der Waals surface area (Å²) < 4.78 is 6.43. The largest absolute Gasteiger partial charge is 0.464 e. The fourth-order valence-electron chi connectivity index (χ4n) is 1.41. The van der Waals surface area contributed by atoms with E-state index in [1.54, 1.807) is 6.26 Å². The Morgan fingerprint density at radius 2 is 2.23 bits per heavy atom. The Labute approximate surface area is 84.8 Å². The fraction of sp³-hybridized carbons (Fsp3) is 0.200. The molecule has 2 nitrogen and oxygen atoms in total. The maximum atomic E-state index is 5.49. The SMILES string of the molecule is NCCc1coc2cc(Br)ccc12. The molecule has 0 unspecified atom stereocenters. The van der Waals surface area contributed by atoms with Crippen LogP contribution in [0.15, 0.2) is 33.4 Å². The highest BCUT2D eigenvalue weighted by Gasteiger charge is 2.04. The summed E-state index contributed by atoms with van der Waals surface area (Å²) in [5, 5.41) is 1.16. The number of rotatable bonds is 2. The van der Waals surface area contributed by atoms with E-state index in [-0.39, 0.29) is 0 Å². The third-order valence-corrected chi connectivity index (χ3v) is 2.52. The topological polar surface area (TPSA) is 39.2 Å². The van der Waals surface area contributed by atoms with Crippen molar-refractivity contribution in [1.82, 2.24) is 0 Å². The van der Waals surface area contributed by atoms with E-state index in [2.05, 4.69) is 15.9 Å². The van der Waals surface area contributed by atoms with E-state index >= 15 is 0 Å². The lowest BCUT2D eigenvalue weighted by Gasteiger charge is -1.93. The summed E-state index contributed by atoms with van der Waals surface area (Å²) in [5.41, 5.74) is 7.59. The molecule has 0 spiro atoms. The number of hydrogen-bond donors (Lipinski definition) is 1. The molecule has 1 aromatic carbocycles. The van der Waals surface area contributed by atoms with Crippen molar-refractivity contribution in [3.8, 4) is 0 Å². The third-order valence-electron chi connectivity index (χ3n) is 2.03. The average Bonchev–Trinajstić information content (AvgIpc) is 2.49. The van der Waals surface area contributed by atoms with Crippen LogP contribution in [0.3, 0.4) is 0 Å². The summed E-state index contributed by atoms with van der Waals surface area (Å²) in [6.07, 6.45) is 2.65. The first kappa shape index (κ1) is 8.78. The summed E-state index contributed by atoms with van der Waals surface area (Å²) in [5.74, 6) is 0. The van der Waals surface area contributed by atoms with Crippen molar-refractivity contribution < 1.29 is 4.42 Å². The molecule has 0 atom stereocenters. The van der Waals surface area contributed by atoms with Crippen molar-refractivity contribution in [2.75, 3.05) is 6.54 Å². The Kier molecular flexibility index (Phi) is 2.38. The van der Waals surface area contributed by atoms with E-state index in [9.17, 15) is 0 Å². The predicted octanol–water partition coefficient (Wildman–Crippen LogP) is 2.70. The summed E-state index contributed by atoms with van der Waals surface area (Å²) >= 11 is 3.40. The molecule has 0 radical (unpaired) electrons. The maximum Gasteiger partial charge on any atom is 0.135 e. The van der Waals surface area contributed by atoms with Gasteiger partial charge in [-0.25, -0.2) is 0 Å². The molecule has 2 N–H and O–H groups in total. The minimum absolute atomic E-state index is 0.657. The maximum absolute atomic E-state index is 5.49. The Hall–Kier alpha value is -0.800. The first-order valence-corrected chi connectivity index (χ1v) is 4.96. The van der Waals surface area contributed by atoms with Crippen molar-refractivity contribution in [3.05, 3.63) is 34.5 Å². The highest BCUT2D eigenvalue weighted by atomic mass is 79.9. The van der Waals surface area contributed by atoms with Crippen LogP contribution in [0.5, 0.6) is 0 Å². The second kappa shape index (κ2) is 3.52. The summed E-state index contributed by atoms with van der Waals surface area (Å²) in [4.78, 5) is 0. The van der Waals surface area contributed by atoms with Gasteiger partial charge in [0.15, 0.2) is 0 Å². The van der Waals surface area contributed by atoms with Gasteiger partial charge in [-0.05, 0) is 36.7 Å². The lowest BCUT2D eigenvalue weighted by molar-refractivity contribution is 0.610. The van der Waals surface area contributed by atoms with E-state index in [0.717, 1.165) is 21.9 Å². The van der Waals surface area contributed by atoms with Gasteiger partial charge in [0.2, 0.25) is 0 Å². The number of fused-ring (bicyclic) bond motifs is 1. The fourth-order valence-corrected chi connectivity index (χ4v) is 1.75. The third kappa shape index (κ3) is 1.62. The quantitative estimate of drug-likeness (QED) is 0.876. The standard InChI is InChI=1S/C10H10BrNO/c11-8-1-2-9-7(3-4-12)6-13-10(9)5-8/h1-2,5-6H,3-4,12H2. The summed E-state index contributed by atoms with van der Waals surface area (Å²) in [7, 11) is 0. The molecule has 3 heteroatoms. The molecule has 2 aromatic rings. The zero-order chi connectivity index (χ0) is 9.26. The number of halogens is 1. The van der Waals surface area contributed by atoms with Crippen LogP contribution >= 0.6 is 15.9 Å². The molecule has 0 saturated heterocycles. The van der Waals surface area contributed by atoms with Crippen molar-refractivity contribution in [2.24, 2.45) is 5.73 Å². The first-order valence-electron chi connectivity index (χ1n) is 4.17. The smallest absolute Gasteiger partial charge is 0.135 e. The van der Waals surface area contributed by atoms with Crippen molar-refractivity contribution >= 4 is 26.9 Å². The van der Waals surface area contributed by atoms with Gasteiger partial charge in [0.25, 0.3) is 0 Å². The molecule has 0 saturated carbocycles. The Morgan fingerprint density at radius 1 is 1.38 bits per heavy atom. The number of furan rings is 1. The van der Waals surface area contributed by atoms with Gasteiger partial charge < -0.3 is 10.2 Å². The van der Waals surface area contributed by atoms with Crippen molar-refractivity contribution in [1.29, 1.82) is 0 Å². The van der Waals surface area contributed by atoms with Crippen molar-refractivity contribution in [2.45, 2.75) is 6.42 Å². The van der Waals surface area contributed by atoms with Crippen LogP contribution in [0.25, 0.3) is 11.0 Å². The van der Waals surface area contributed by atoms with Crippen LogP contribution < -0.4 is 5.73 Å². The Balaban J connectivity index is 2.55. The van der Waals surface area contributed by atoms with Gasteiger partial charge in [-0.2, -0.15) is 0 Å². The van der Waals surface area contributed by atoms with Gasteiger partial charge in [-0.1, -0.05) is 15.9 Å². The molecule has 1 heterocycles. The minimum Gasteiger partial charge on any atom is -0.464 e. The summed E-state index contributed by atoms with van der Waals surface area (Å²) in [6.45, 7) is 0.657. The van der Waals surface area contributed by atoms with Crippen LogP contribution in [0.2, 0.25) is 0 Å². The summed E-state index contributed by atoms with van der Waals surface area (Å²) in [6, 6.07) is 6.03. The highest BCUT2D eigenvalue weighted by molar-refractivity contribution is 9.10. The van der Waals surface area contributed by atoms with Gasteiger partial charge in [0.05, 0.1) is 6.26 Å². The number of benzene rings is 1. The number of nitrogens with two attached hydrogens (primary N) is 1. The van der Waals surface area contributed by atoms with Gasteiger partial charge in [0.1, 0.15) is 5.58 Å². The van der Waals surface area contributed by atoms with E-state index in [1.165, 1.54) is 5.56 Å². The number of hydrogen-bond acceptors (Lipinski definition) is 2. The Morgan fingerprint density at radius 3 is 3.00 bits per heavy atom. The minimum atomic E-state index is 0.657. The van der Waals surface area contributed by atoms with Crippen LogP contribution in [-0.2, 0) is 6.42 Å². The van der Waals surface area contributed by atoms with E-state index in [0.29, 0.717) is 6.54 Å². The molecule has 1 aromatic heterocycles. The molecule has 0 aliphatic heterocycles. The monoisotopic (exact) mass is 239 g/mol. The predicted molar refractivity (Wildman–Crippen MR) is 56.7 cm³/mol. The van der Waals surface area contributed by atoms with Crippen LogP contribution in [0.1, 0.15) is 5.56 Å². The van der Waals surface area contributed by atoms with Crippen molar-refractivity contribution in [3.63, 3.8) is 0 Å². The molecule has 0 aliphatic rings. The molecule has 13 heavy (non-hydrogen) atoms. The van der Waals surface area contributed by atoms with Crippen LogP contribution in [-0.4, -0.2) is 6.54 Å². The van der Waals surface area contributed by atoms with Gasteiger partial charge in [0, 0.05) is 9.86 Å². The highest BCUT2D eigenvalue weighted by Crippen LogP contribution is 2.24. The zero-order valence-corrected chi connectivity index (χ0v) is 8.67.